The number of Topliss-reactive ketones (excluding diaryl/α,β-unsaturated/α-hetero) is 1. The molecule has 5 rings (SSSR count). The average molecular weight is 306 g/mol. The Balaban J connectivity index is 1.72. The van der Waals surface area contributed by atoms with Crippen molar-refractivity contribution < 1.29 is 14.3 Å². The number of fused-ring (bicyclic) bond motifs is 7. The van der Waals surface area contributed by atoms with E-state index in [-0.39, 0.29) is 23.0 Å². The smallest absolute Gasteiger partial charge is 0.200 e. The number of benzene rings is 2. The van der Waals surface area contributed by atoms with E-state index in [4.69, 9.17) is 9.47 Å². The molecule has 2 fully saturated rings. The first-order valence-electron chi connectivity index (χ1n) is 8.07. The van der Waals surface area contributed by atoms with Crippen LogP contribution >= 0.6 is 0 Å². The van der Waals surface area contributed by atoms with E-state index in [0.717, 1.165) is 11.1 Å². The van der Waals surface area contributed by atoms with Crippen molar-refractivity contribution >= 4 is 5.78 Å². The lowest BCUT2D eigenvalue weighted by Crippen LogP contribution is -2.45. The predicted octanol–water partition coefficient (Wildman–Crippen LogP) is 3.28. The van der Waals surface area contributed by atoms with Gasteiger partial charge in [0.2, 0.25) is 0 Å². The summed E-state index contributed by atoms with van der Waals surface area (Å²) in [7, 11) is 1.69. The average Bonchev–Trinajstić information content (AvgIpc) is 3.11. The SMILES string of the molecule is CO[C@]12O[C@H](C(=O)c3ccccc31)[C@@H]1[C@H]2[C@@]1(C)c1ccccc1. The third-order valence-corrected chi connectivity index (χ3v) is 6.15. The van der Waals surface area contributed by atoms with Gasteiger partial charge in [0.15, 0.2) is 11.6 Å². The van der Waals surface area contributed by atoms with Crippen LogP contribution in [0.25, 0.3) is 0 Å². The third-order valence-electron chi connectivity index (χ3n) is 6.15. The van der Waals surface area contributed by atoms with Gasteiger partial charge in [-0.05, 0) is 5.56 Å². The summed E-state index contributed by atoms with van der Waals surface area (Å²) in [5.74, 6) is -0.366. The van der Waals surface area contributed by atoms with Crippen LogP contribution in [0.15, 0.2) is 54.6 Å². The monoisotopic (exact) mass is 306 g/mol. The van der Waals surface area contributed by atoms with Gasteiger partial charge in [0.1, 0.15) is 6.10 Å². The van der Waals surface area contributed by atoms with Crippen LogP contribution in [0.4, 0.5) is 0 Å². The van der Waals surface area contributed by atoms with Crippen LogP contribution in [0, 0.1) is 11.8 Å². The minimum absolute atomic E-state index is 0.0800. The summed E-state index contributed by atoms with van der Waals surface area (Å²) in [6, 6.07) is 18.2. The van der Waals surface area contributed by atoms with Crippen LogP contribution in [-0.2, 0) is 20.7 Å². The van der Waals surface area contributed by atoms with Crippen molar-refractivity contribution in [1.29, 1.82) is 0 Å². The van der Waals surface area contributed by atoms with Gasteiger partial charge in [-0.2, -0.15) is 0 Å². The van der Waals surface area contributed by atoms with E-state index in [1.54, 1.807) is 7.11 Å². The van der Waals surface area contributed by atoms with Crippen molar-refractivity contribution in [1.82, 2.24) is 0 Å². The highest BCUT2D eigenvalue weighted by Gasteiger charge is 2.82. The standard InChI is InChI=1S/C20H18O3/c1-19(12-8-4-3-5-9-12)15-17-16(21)13-10-6-7-11-14(13)20(22-2,23-17)18(15)19/h3-11,15,17-18H,1-2H3/t15-,17+,18+,19+,20+/m1/s1. The summed E-state index contributed by atoms with van der Waals surface area (Å²) in [5.41, 5.74) is 2.82. The second-order valence-electron chi connectivity index (χ2n) is 6.97. The number of methoxy groups -OCH3 is 1. The van der Waals surface area contributed by atoms with E-state index < -0.39 is 11.9 Å². The highest BCUT2D eigenvalue weighted by molar-refractivity contribution is 6.03. The molecule has 2 heterocycles. The second kappa shape index (κ2) is 4.11. The van der Waals surface area contributed by atoms with E-state index in [9.17, 15) is 4.79 Å². The molecule has 2 bridgehead atoms. The molecule has 0 radical (unpaired) electrons. The van der Waals surface area contributed by atoms with Gasteiger partial charge in [-0.15, -0.1) is 0 Å². The summed E-state index contributed by atoms with van der Waals surface area (Å²) < 4.78 is 12.1. The van der Waals surface area contributed by atoms with Crippen LogP contribution in [0.3, 0.4) is 0 Å². The van der Waals surface area contributed by atoms with Crippen molar-refractivity contribution in [2.75, 3.05) is 7.11 Å². The lowest BCUT2D eigenvalue weighted by molar-refractivity contribution is -0.244. The first kappa shape index (κ1) is 13.5. The maximum Gasteiger partial charge on any atom is 0.200 e. The summed E-state index contributed by atoms with van der Waals surface area (Å²) in [5, 5.41) is 0. The summed E-state index contributed by atoms with van der Waals surface area (Å²) in [4.78, 5) is 12.9. The normalized spacial score (nSPS) is 39.7. The highest BCUT2D eigenvalue weighted by Crippen LogP contribution is 2.75. The molecule has 1 saturated carbocycles. The van der Waals surface area contributed by atoms with Gasteiger partial charge in [-0.25, -0.2) is 0 Å². The third kappa shape index (κ3) is 1.37. The molecule has 0 N–H and O–H groups in total. The fraction of sp³-hybridized carbons (Fsp3) is 0.350. The Labute approximate surface area is 135 Å². The largest absolute Gasteiger partial charge is 0.349 e. The number of carbonyl (C=O) groups excluding carboxylic acids is 1. The number of hydrogen-bond acceptors (Lipinski definition) is 3. The second-order valence-corrected chi connectivity index (χ2v) is 6.97. The van der Waals surface area contributed by atoms with Crippen LogP contribution < -0.4 is 0 Å². The quantitative estimate of drug-likeness (QED) is 0.854. The van der Waals surface area contributed by atoms with Gasteiger partial charge in [0, 0.05) is 35.5 Å². The molecule has 3 aliphatic rings. The van der Waals surface area contributed by atoms with E-state index in [0.29, 0.717) is 0 Å². The first-order chi connectivity index (χ1) is 11.1. The first-order valence-corrected chi connectivity index (χ1v) is 8.07. The van der Waals surface area contributed by atoms with Gasteiger partial charge < -0.3 is 9.47 Å². The van der Waals surface area contributed by atoms with Crippen molar-refractivity contribution in [2.24, 2.45) is 11.8 Å². The van der Waals surface area contributed by atoms with Crippen LogP contribution in [-0.4, -0.2) is 19.0 Å². The summed E-state index contributed by atoms with van der Waals surface area (Å²) in [6.45, 7) is 2.24. The molecule has 2 aliphatic heterocycles. The molecule has 3 heteroatoms. The Kier molecular flexibility index (Phi) is 2.40. The minimum Gasteiger partial charge on any atom is -0.349 e. The topological polar surface area (TPSA) is 35.5 Å². The fourth-order valence-electron chi connectivity index (χ4n) is 5.06. The van der Waals surface area contributed by atoms with Crippen molar-refractivity contribution in [3.05, 3.63) is 71.3 Å². The fourth-order valence-corrected chi connectivity index (χ4v) is 5.06. The molecule has 0 amide bonds. The number of hydrogen-bond donors (Lipinski definition) is 0. The van der Waals surface area contributed by atoms with Crippen LogP contribution in [0.5, 0.6) is 0 Å². The van der Waals surface area contributed by atoms with Crippen molar-refractivity contribution in [2.45, 2.75) is 24.2 Å². The Morgan fingerprint density at radius 1 is 1.04 bits per heavy atom. The van der Waals surface area contributed by atoms with Gasteiger partial charge in [-0.1, -0.05) is 61.5 Å². The van der Waals surface area contributed by atoms with Crippen LogP contribution in [0.2, 0.25) is 0 Å². The lowest BCUT2D eigenvalue weighted by Gasteiger charge is -2.40. The van der Waals surface area contributed by atoms with Gasteiger partial charge >= 0.3 is 0 Å². The minimum atomic E-state index is -0.801. The molecule has 0 unspecified atom stereocenters. The van der Waals surface area contributed by atoms with Crippen molar-refractivity contribution in [3.8, 4) is 0 Å². The van der Waals surface area contributed by atoms with Gasteiger partial charge in [-0.3, -0.25) is 4.79 Å². The molecule has 116 valence electrons. The zero-order valence-corrected chi connectivity index (χ0v) is 13.2. The molecule has 0 aromatic heterocycles. The molecular formula is C20H18O3. The maximum atomic E-state index is 12.9. The van der Waals surface area contributed by atoms with E-state index in [2.05, 4.69) is 31.2 Å². The Bertz CT molecular complexity index is 815. The Morgan fingerprint density at radius 3 is 2.48 bits per heavy atom. The maximum absolute atomic E-state index is 12.9. The molecule has 1 saturated heterocycles. The van der Waals surface area contributed by atoms with E-state index >= 15 is 0 Å². The Hall–Kier alpha value is -1.97. The molecule has 2 aromatic carbocycles. The predicted molar refractivity (Wildman–Crippen MR) is 85.1 cm³/mol. The van der Waals surface area contributed by atoms with Gasteiger partial charge in [0.25, 0.3) is 0 Å². The zero-order chi connectivity index (χ0) is 15.8. The Morgan fingerprint density at radius 2 is 1.74 bits per heavy atom. The summed E-state index contributed by atoms with van der Waals surface area (Å²) in [6.07, 6.45) is -0.403. The number of rotatable bonds is 2. The highest BCUT2D eigenvalue weighted by atomic mass is 16.7. The summed E-state index contributed by atoms with van der Waals surface area (Å²) >= 11 is 0. The van der Waals surface area contributed by atoms with Crippen molar-refractivity contribution in [3.63, 3.8) is 0 Å². The lowest BCUT2D eigenvalue weighted by atomic mass is 9.82. The van der Waals surface area contributed by atoms with E-state index in [1.807, 2.05) is 30.3 Å². The molecule has 2 aromatic rings. The van der Waals surface area contributed by atoms with Crippen LogP contribution in [0.1, 0.15) is 28.4 Å². The number of ketones is 1. The van der Waals surface area contributed by atoms with Gasteiger partial charge in [0.05, 0.1) is 0 Å². The van der Waals surface area contributed by atoms with E-state index in [1.165, 1.54) is 5.56 Å². The molecule has 1 aliphatic carbocycles. The zero-order valence-electron chi connectivity index (χ0n) is 13.2. The molecular weight excluding hydrogens is 288 g/mol. The number of ether oxygens (including phenoxy) is 2. The number of carbonyl (C=O) groups is 1. The molecule has 3 nitrogen and oxygen atoms in total. The molecule has 23 heavy (non-hydrogen) atoms. The molecule has 0 spiro atoms. The molecule has 5 atom stereocenters.